The Balaban J connectivity index is 1.93. The first-order chi connectivity index (χ1) is 9.13. The summed E-state index contributed by atoms with van der Waals surface area (Å²) < 4.78 is 26.9. The molecule has 112 valence electrons. The molecular weight excluding hydrogens is 260 g/mol. The van der Waals surface area contributed by atoms with E-state index in [2.05, 4.69) is 0 Å². The molecule has 1 unspecified atom stereocenters. The molecule has 4 nitrogen and oxygen atoms in total. The van der Waals surface area contributed by atoms with Crippen molar-refractivity contribution in [3.05, 3.63) is 0 Å². The van der Waals surface area contributed by atoms with E-state index in [0.717, 1.165) is 45.1 Å². The van der Waals surface area contributed by atoms with Gasteiger partial charge in [0.05, 0.1) is 5.75 Å². The second-order valence-electron chi connectivity index (χ2n) is 6.12. The highest BCUT2D eigenvalue weighted by molar-refractivity contribution is 7.89. The minimum Gasteiger partial charge on any atom is -0.330 e. The van der Waals surface area contributed by atoms with E-state index in [4.69, 9.17) is 5.73 Å². The molecule has 1 aliphatic heterocycles. The molecule has 0 bridgehead atoms. The highest BCUT2D eigenvalue weighted by atomic mass is 32.2. The van der Waals surface area contributed by atoms with Gasteiger partial charge in [-0.15, -0.1) is 0 Å². The Kier molecular flexibility index (Phi) is 5.66. The summed E-state index contributed by atoms with van der Waals surface area (Å²) >= 11 is 0. The van der Waals surface area contributed by atoms with Gasteiger partial charge < -0.3 is 5.73 Å². The third-order valence-electron chi connectivity index (χ3n) is 4.59. The van der Waals surface area contributed by atoms with Crippen LogP contribution in [0.25, 0.3) is 0 Å². The van der Waals surface area contributed by atoms with E-state index in [9.17, 15) is 8.42 Å². The standard InChI is InChI=1S/C14H28N2O2S/c15-10-4-8-14-9-5-11-16(14)19(17,18)12-13-6-2-1-3-7-13/h13-14H,1-12,15H2. The van der Waals surface area contributed by atoms with Crippen LogP contribution in [0.3, 0.4) is 0 Å². The van der Waals surface area contributed by atoms with Gasteiger partial charge in [-0.2, -0.15) is 4.31 Å². The molecule has 0 aromatic carbocycles. The lowest BCUT2D eigenvalue weighted by molar-refractivity contribution is 0.345. The van der Waals surface area contributed by atoms with Crippen molar-refractivity contribution in [3.63, 3.8) is 0 Å². The molecular formula is C14H28N2O2S. The van der Waals surface area contributed by atoms with Crippen molar-refractivity contribution in [2.75, 3.05) is 18.8 Å². The molecule has 0 spiro atoms. The predicted octanol–water partition coefficient (Wildman–Crippen LogP) is 2.10. The largest absolute Gasteiger partial charge is 0.330 e. The molecule has 5 heteroatoms. The summed E-state index contributed by atoms with van der Waals surface area (Å²) in [5.41, 5.74) is 5.54. The molecule has 1 saturated heterocycles. The van der Waals surface area contributed by atoms with Crippen LogP contribution in [0.4, 0.5) is 0 Å². The molecule has 2 N–H and O–H groups in total. The summed E-state index contributed by atoms with van der Waals surface area (Å²) in [5, 5.41) is 0. The first-order valence-corrected chi connectivity index (χ1v) is 9.44. The third-order valence-corrected chi connectivity index (χ3v) is 6.68. The minimum absolute atomic E-state index is 0.220. The Bertz CT molecular complexity index is 364. The fourth-order valence-electron chi connectivity index (χ4n) is 3.56. The van der Waals surface area contributed by atoms with E-state index in [1.54, 1.807) is 4.31 Å². The lowest BCUT2D eigenvalue weighted by atomic mass is 9.91. The highest BCUT2D eigenvalue weighted by Gasteiger charge is 2.35. The van der Waals surface area contributed by atoms with E-state index < -0.39 is 10.0 Å². The summed E-state index contributed by atoms with van der Waals surface area (Å²) in [7, 11) is -3.05. The lowest BCUT2D eigenvalue weighted by Crippen LogP contribution is -2.39. The predicted molar refractivity (Wildman–Crippen MR) is 78.4 cm³/mol. The Morgan fingerprint density at radius 3 is 2.47 bits per heavy atom. The highest BCUT2D eigenvalue weighted by Crippen LogP contribution is 2.29. The van der Waals surface area contributed by atoms with Crippen LogP contribution in [0, 0.1) is 5.92 Å². The quantitative estimate of drug-likeness (QED) is 0.814. The van der Waals surface area contributed by atoms with Crippen LogP contribution >= 0.6 is 0 Å². The van der Waals surface area contributed by atoms with E-state index in [-0.39, 0.29) is 6.04 Å². The second kappa shape index (κ2) is 7.04. The molecule has 0 aromatic rings. The Morgan fingerprint density at radius 2 is 1.79 bits per heavy atom. The van der Waals surface area contributed by atoms with Crippen molar-refractivity contribution < 1.29 is 8.42 Å². The van der Waals surface area contributed by atoms with Crippen LogP contribution < -0.4 is 5.73 Å². The van der Waals surface area contributed by atoms with Crippen molar-refractivity contribution in [1.29, 1.82) is 0 Å². The van der Waals surface area contributed by atoms with Gasteiger partial charge in [0.25, 0.3) is 0 Å². The van der Waals surface area contributed by atoms with Crippen LogP contribution in [-0.2, 0) is 10.0 Å². The molecule has 1 saturated carbocycles. The molecule has 19 heavy (non-hydrogen) atoms. The molecule has 1 aliphatic carbocycles. The maximum Gasteiger partial charge on any atom is 0.214 e. The van der Waals surface area contributed by atoms with Crippen LogP contribution in [0.5, 0.6) is 0 Å². The summed E-state index contributed by atoms with van der Waals surface area (Å²) in [4.78, 5) is 0. The van der Waals surface area contributed by atoms with Gasteiger partial charge in [0.2, 0.25) is 10.0 Å². The minimum atomic E-state index is -3.05. The Hall–Kier alpha value is -0.130. The summed E-state index contributed by atoms with van der Waals surface area (Å²) in [5.74, 6) is 0.779. The van der Waals surface area contributed by atoms with E-state index in [1.165, 1.54) is 19.3 Å². The van der Waals surface area contributed by atoms with E-state index >= 15 is 0 Å². The van der Waals surface area contributed by atoms with Gasteiger partial charge in [0, 0.05) is 12.6 Å². The monoisotopic (exact) mass is 288 g/mol. The summed E-state index contributed by atoms with van der Waals surface area (Å²) in [6.07, 6.45) is 9.78. The summed E-state index contributed by atoms with van der Waals surface area (Å²) in [6.45, 7) is 1.39. The van der Waals surface area contributed by atoms with Crippen LogP contribution in [0.1, 0.15) is 57.8 Å². The van der Waals surface area contributed by atoms with Crippen LogP contribution in [0.15, 0.2) is 0 Å². The van der Waals surface area contributed by atoms with Gasteiger partial charge in [0.1, 0.15) is 0 Å². The van der Waals surface area contributed by atoms with Crippen molar-refractivity contribution in [2.24, 2.45) is 11.7 Å². The zero-order chi connectivity index (χ0) is 13.7. The van der Waals surface area contributed by atoms with Crippen molar-refractivity contribution in [2.45, 2.75) is 63.8 Å². The zero-order valence-corrected chi connectivity index (χ0v) is 12.7. The maximum absolute atomic E-state index is 12.6. The fourth-order valence-corrected chi connectivity index (χ4v) is 5.76. The zero-order valence-electron chi connectivity index (χ0n) is 11.9. The average molecular weight is 288 g/mol. The number of nitrogens with zero attached hydrogens (tertiary/aromatic N) is 1. The van der Waals surface area contributed by atoms with Crippen LogP contribution in [-0.4, -0.2) is 37.6 Å². The third kappa shape index (κ3) is 4.17. The van der Waals surface area contributed by atoms with Gasteiger partial charge in [-0.25, -0.2) is 8.42 Å². The average Bonchev–Trinajstić information content (AvgIpc) is 2.86. The SMILES string of the molecule is NCCCC1CCCN1S(=O)(=O)CC1CCCCC1. The van der Waals surface area contributed by atoms with Gasteiger partial charge in [-0.05, 0) is 51.0 Å². The fraction of sp³-hybridized carbons (Fsp3) is 1.00. The number of hydrogen-bond donors (Lipinski definition) is 1. The number of sulfonamides is 1. The van der Waals surface area contributed by atoms with Crippen LogP contribution in [0.2, 0.25) is 0 Å². The molecule has 2 fully saturated rings. The molecule has 0 amide bonds. The molecule has 2 rings (SSSR count). The van der Waals surface area contributed by atoms with Gasteiger partial charge in [0.15, 0.2) is 0 Å². The number of nitrogens with two attached hydrogens (primary N) is 1. The van der Waals surface area contributed by atoms with Gasteiger partial charge in [-0.3, -0.25) is 0 Å². The molecule has 1 atom stereocenters. The lowest BCUT2D eigenvalue weighted by Gasteiger charge is -2.28. The molecule has 1 heterocycles. The maximum atomic E-state index is 12.6. The van der Waals surface area contributed by atoms with Gasteiger partial charge >= 0.3 is 0 Å². The molecule has 0 radical (unpaired) electrons. The van der Waals surface area contributed by atoms with Gasteiger partial charge in [-0.1, -0.05) is 19.3 Å². The Morgan fingerprint density at radius 1 is 1.05 bits per heavy atom. The van der Waals surface area contributed by atoms with Crippen molar-refractivity contribution in [1.82, 2.24) is 4.31 Å². The molecule has 0 aromatic heterocycles. The first kappa shape index (κ1) is 15.3. The number of hydrogen-bond acceptors (Lipinski definition) is 3. The Labute approximate surface area is 117 Å². The first-order valence-electron chi connectivity index (χ1n) is 7.83. The second-order valence-corrected chi connectivity index (χ2v) is 8.09. The van der Waals surface area contributed by atoms with Crippen molar-refractivity contribution in [3.8, 4) is 0 Å². The van der Waals surface area contributed by atoms with E-state index in [0.29, 0.717) is 18.2 Å². The number of rotatable bonds is 6. The normalized spacial score (nSPS) is 26.9. The smallest absolute Gasteiger partial charge is 0.214 e. The van der Waals surface area contributed by atoms with E-state index in [1.807, 2.05) is 0 Å². The van der Waals surface area contributed by atoms with Crippen molar-refractivity contribution >= 4 is 10.0 Å². The molecule has 2 aliphatic rings. The topological polar surface area (TPSA) is 63.4 Å². The summed E-state index contributed by atoms with van der Waals surface area (Å²) in [6, 6.07) is 0.220.